The Morgan fingerprint density at radius 3 is 3.12 bits per heavy atom. The fourth-order valence-corrected chi connectivity index (χ4v) is 1.30. The van der Waals surface area contributed by atoms with Gasteiger partial charge < -0.3 is 15.7 Å². The van der Waals surface area contributed by atoms with E-state index in [-0.39, 0.29) is 12.5 Å². The number of rotatable bonds is 8. The Bertz CT molecular complexity index is 339. The van der Waals surface area contributed by atoms with Crippen molar-refractivity contribution in [3.63, 3.8) is 0 Å². The van der Waals surface area contributed by atoms with Crippen LogP contribution in [-0.2, 0) is 17.9 Å². The van der Waals surface area contributed by atoms with E-state index in [1.165, 1.54) is 0 Å². The van der Waals surface area contributed by atoms with E-state index in [0.717, 1.165) is 5.69 Å². The number of carbonyl (C=O) groups is 1. The maximum absolute atomic E-state index is 10.9. The molecule has 0 aliphatic rings. The summed E-state index contributed by atoms with van der Waals surface area (Å²) in [6, 6.07) is 0. The molecule has 0 bridgehead atoms. The molecule has 1 aromatic heterocycles. The summed E-state index contributed by atoms with van der Waals surface area (Å²) in [6.45, 7) is 2.03. The number of hydrogen-bond donors (Lipinski definition) is 3. The molecule has 1 aromatic rings. The second-order valence-electron chi connectivity index (χ2n) is 3.65. The van der Waals surface area contributed by atoms with E-state index in [1.807, 2.05) is 6.20 Å². The van der Waals surface area contributed by atoms with E-state index in [2.05, 4.69) is 20.9 Å². The van der Waals surface area contributed by atoms with Crippen LogP contribution < -0.4 is 10.6 Å². The van der Waals surface area contributed by atoms with E-state index < -0.39 is 0 Å². The van der Waals surface area contributed by atoms with Crippen LogP contribution in [0.4, 0.5) is 0 Å². The second-order valence-corrected chi connectivity index (χ2v) is 3.65. The predicted octanol–water partition coefficient (Wildman–Crippen LogP) is -1.11. The van der Waals surface area contributed by atoms with Crippen LogP contribution >= 0.6 is 0 Å². The second kappa shape index (κ2) is 7.75. The molecule has 0 aliphatic heterocycles. The van der Waals surface area contributed by atoms with Gasteiger partial charge >= 0.3 is 0 Å². The van der Waals surface area contributed by atoms with E-state index in [4.69, 9.17) is 5.11 Å². The number of aromatic nitrogens is 3. The summed E-state index contributed by atoms with van der Waals surface area (Å²) in [5.74, 6) is 0.0177. The zero-order valence-electron chi connectivity index (χ0n) is 10.0. The van der Waals surface area contributed by atoms with Crippen molar-refractivity contribution in [2.45, 2.75) is 25.9 Å². The SMILES string of the molecule is CNC(=O)CCNCc1cn(CCCO)nn1. The lowest BCUT2D eigenvalue weighted by atomic mass is 10.4. The number of nitrogens with zero attached hydrogens (tertiary/aromatic N) is 3. The quantitative estimate of drug-likeness (QED) is 0.502. The van der Waals surface area contributed by atoms with Gasteiger partial charge in [0.1, 0.15) is 0 Å². The number of aryl methyl sites for hydroxylation is 1. The zero-order chi connectivity index (χ0) is 12.5. The zero-order valence-corrected chi connectivity index (χ0v) is 10.0. The molecular weight excluding hydrogens is 222 g/mol. The normalized spacial score (nSPS) is 10.5. The Balaban J connectivity index is 2.18. The van der Waals surface area contributed by atoms with Gasteiger partial charge in [0.25, 0.3) is 0 Å². The minimum atomic E-state index is 0.0177. The highest BCUT2D eigenvalue weighted by molar-refractivity contribution is 5.75. The molecule has 7 nitrogen and oxygen atoms in total. The third-order valence-corrected chi connectivity index (χ3v) is 2.25. The molecule has 3 N–H and O–H groups in total. The topological polar surface area (TPSA) is 92.1 Å². The molecule has 0 saturated heterocycles. The number of amides is 1. The van der Waals surface area contributed by atoms with Crippen molar-refractivity contribution in [1.29, 1.82) is 0 Å². The largest absolute Gasteiger partial charge is 0.396 e. The average Bonchev–Trinajstić information content (AvgIpc) is 2.79. The van der Waals surface area contributed by atoms with Gasteiger partial charge in [-0.3, -0.25) is 9.48 Å². The molecule has 1 rings (SSSR count). The average molecular weight is 241 g/mol. The molecule has 0 spiro atoms. The van der Waals surface area contributed by atoms with Crippen LogP contribution in [0.3, 0.4) is 0 Å². The van der Waals surface area contributed by atoms with Gasteiger partial charge in [-0.15, -0.1) is 5.10 Å². The summed E-state index contributed by atoms with van der Waals surface area (Å²) in [7, 11) is 1.62. The summed E-state index contributed by atoms with van der Waals surface area (Å²) >= 11 is 0. The number of nitrogens with one attached hydrogen (secondary N) is 2. The van der Waals surface area contributed by atoms with Crippen molar-refractivity contribution in [2.75, 3.05) is 20.2 Å². The molecule has 0 atom stereocenters. The van der Waals surface area contributed by atoms with Crippen LogP contribution in [0.2, 0.25) is 0 Å². The first-order valence-corrected chi connectivity index (χ1v) is 5.67. The minimum Gasteiger partial charge on any atom is -0.396 e. The Morgan fingerprint density at radius 1 is 1.59 bits per heavy atom. The Kier molecular flexibility index (Phi) is 6.19. The van der Waals surface area contributed by atoms with Crippen LogP contribution in [0.25, 0.3) is 0 Å². The van der Waals surface area contributed by atoms with E-state index >= 15 is 0 Å². The Hall–Kier alpha value is -1.47. The monoisotopic (exact) mass is 241 g/mol. The number of carbonyl (C=O) groups excluding carboxylic acids is 1. The lowest BCUT2D eigenvalue weighted by Gasteiger charge is -2.01. The van der Waals surface area contributed by atoms with Gasteiger partial charge in [-0.05, 0) is 6.42 Å². The van der Waals surface area contributed by atoms with Gasteiger partial charge in [0, 0.05) is 45.9 Å². The predicted molar refractivity (Wildman–Crippen MR) is 62.1 cm³/mol. The van der Waals surface area contributed by atoms with Gasteiger partial charge in [0.2, 0.25) is 5.91 Å². The first-order valence-electron chi connectivity index (χ1n) is 5.67. The molecule has 0 radical (unpaired) electrons. The number of hydrogen-bond acceptors (Lipinski definition) is 5. The molecule has 7 heteroatoms. The summed E-state index contributed by atoms with van der Waals surface area (Å²) in [6.07, 6.45) is 2.96. The van der Waals surface area contributed by atoms with Crippen molar-refractivity contribution in [3.05, 3.63) is 11.9 Å². The lowest BCUT2D eigenvalue weighted by Crippen LogP contribution is -2.24. The minimum absolute atomic E-state index is 0.0177. The molecule has 0 aliphatic carbocycles. The molecule has 0 fully saturated rings. The highest BCUT2D eigenvalue weighted by atomic mass is 16.3. The summed E-state index contributed by atoms with van der Waals surface area (Å²) in [5, 5.41) is 22.2. The summed E-state index contributed by atoms with van der Waals surface area (Å²) in [4.78, 5) is 10.9. The van der Waals surface area contributed by atoms with Gasteiger partial charge in [-0.2, -0.15) is 0 Å². The van der Waals surface area contributed by atoms with E-state index in [1.54, 1.807) is 11.7 Å². The molecule has 96 valence electrons. The first kappa shape index (κ1) is 13.6. The van der Waals surface area contributed by atoms with Crippen LogP contribution in [-0.4, -0.2) is 46.2 Å². The van der Waals surface area contributed by atoms with Crippen molar-refractivity contribution in [1.82, 2.24) is 25.6 Å². The smallest absolute Gasteiger partial charge is 0.221 e. The summed E-state index contributed by atoms with van der Waals surface area (Å²) in [5.41, 5.74) is 0.833. The van der Waals surface area contributed by atoms with Gasteiger partial charge in [0.15, 0.2) is 0 Å². The highest BCUT2D eigenvalue weighted by Gasteiger charge is 2.01. The van der Waals surface area contributed by atoms with Crippen LogP contribution in [0, 0.1) is 0 Å². The number of aliphatic hydroxyl groups excluding tert-OH is 1. The van der Waals surface area contributed by atoms with Crippen LogP contribution in [0.15, 0.2) is 6.20 Å². The maximum atomic E-state index is 10.9. The third kappa shape index (κ3) is 5.41. The van der Waals surface area contributed by atoms with Crippen LogP contribution in [0.1, 0.15) is 18.5 Å². The molecule has 17 heavy (non-hydrogen) atoms. The summed E-state index contributed by atoms with van der Waals surface area (Å²) < 4.78 is 1.70. The molecule has 0 saturated carbocycles. The molecule has 1 amide bonds. The lowest BCUT2D eigenvalue weighted by molar-refractivity contribution is -0.120. The molecule has 0 unspecified atom stereocenters. The first-order chi connectivity index (χ1) is 8.26. The van der Waals surface area contributed by atoms with Gasteiger partial charge in [-0.25, -0.2) is 0 Å². The van der Waals surface area contributed by atoms with Crippen molar-refractivity contribution in [3.8, 4) is 0 Å². The van der Waals surface area contributed by atoms with E-state index in [0.29, 0.717) is 32.5 Å². The van der Waals surface area contributed by atoms with Crippen molar-refractivity contribution in [2.24, 2.45) is 0 Å². The van der Waals surface area contributed by atoms with Gasteiger partial charge in [0.05, 0.1) is 5.69 Å². The molecular formula is C10H19N5O2. The van der Waals surface area contributed by atoms with Crippen molar-refractivity contribution >= 4 is 5.91 Å². The van der Waals surface area contributed by atoms with Crippen molar-refractivity contribution < 1.29 is 9.90 Å². The third-order valence-electron chi connectivity index (χ3n) is 2.25. The number of aliphatic hydroxyl groups is 1. The fourth-order valence-electron chi connectivity index (χ4n) is 1.30. The maximum Gasteiger partial charge on any atom is 0.221 e. The van der Waals surface area contributed by atoms with E-state index in [9.17, 15) is 4.79 Å². The Labute approximate surface area is 100 Å². The highest BCUT2D eigenvalue weighted by Crippen LogP contribution is 1.94. The Morgan fingerprint density at radius 2 is 2.41 bits per heavy atom. The molecule has 0 aromatic carbocycles. The standard InChI is InChI=1S/C10H19N5O2/c1-11-10(17)3-4-12-7-9-8-15(14-13-9)5-2-6-16/h8,12,16H,2-7H2,1H3,(H,11,17). The van der Waals surface area contributed by atoms with Crippen LogP contribution in [0.5, 0.6) is 0 Å². The molecule has 1 heterocycles. The fraction of sp³-hybridized carbons (Fsp3) is 0.700. The van der Waals surface area contributed by atoms with Gasteiger partial charge in [-0.1, -0.05) is 5.21 Å².